The van der Waals surface area contributed by atoms with Crippen LogP contribution in [-0.4, -0.2) is 12.1 Å². The fourth-order valence-corrected chi connectivity index (χ4v) is 3.24. The number of aryl methyl sites for hydroxylation is 1. The van der Waals surface area contributed by atoms with Crippen molar-refractivity contribution in [3.05, 3.63) is 96.6 Å². The number of aromatic nitrogens is 1. The van der Waals surface area contributed by atoms with Gasteiger partial charge in [-0.15, -0.1) is 0 Å². The Kier molecular flexibility index (Phi) is 4.71. The second-order valence-corrected chi connectivity index (χ2v) is 6.54. The van der Waals surface area contributed by atoms with Crippen LogP contribution in [0.2, 0.25) is 0 Å². The van der Waals surface area contributed by atoms with Crippen LogP contribution in [0.3, 0.4) is 0 Å². The summed E-state index contributed by atoms with van der Waals surface area (Å²) in [4.78, 5) is 4.97. The van der Waals surface area contributed by atoms with Crippen LogP contribution < -0.4 is 4.74 Å². The average molecular weight is 351 g/mol. The van der Waals surface area contributed by atoms with Gasteiger partial charge in [0.05, 0.1) is 18.5 Å². The zero-order chi connectivity index (χ0) is 18.6. The molecule has 0 aliphatic heterocycles. The van der Waals surface area contributed by atoms with Gasteiger partial charge in [0.2, 0.25) is 0 Å². The fourth-order valence-electron chi connectivity index (χ4n) is 3.24. The number of hydrogen-bond donors (Lipinski definition) is 0. The molecule has 1 heterocycles. The lowest BCUT2D eigenvalue weighted by Crippen LogP contribution is -1.93. The summed E-state index contributed by atoms with van der Waals surface area (Å²) in [5, 5.41) is 0. The predicted molar refractivity (Wildman–Crippen MR) is 112 cm³/mol. The van der Waals surface area contributed by atoms with Crippen molar-refractivity contribution in [2.24, 2.45) is 0 Å². The van der Waals surface area contributed by atoms with Crippen LogP contribution in [0.1, 0.15) is 5.56 Å². The van der Waals surface area contributed by atoms with Crippen LogP contribution in [0, 0.1) is 6.92 Å². The Labute approximate surface area is 160 Å². The highest BCUT2D eigenvalue weighted by Crippen LogP contribution is 2.32. The maximum Gasteiger partial charge on any atom is 0.118 e. The number of ether oxygens (including phenoxy) is 1. The van der Waals surface area contributed by atoms with E-state index < -0.39 is 0 Å². The first kappa shape index (κ1) is 17.0. The maximum atomic E-state index is 5.29. The van der Waals surface area contributed by atoms with Crippen molar-refractivity contribution in [2.45, 2.75) is 6.92 Å². The van der Waals surface area contributed by atoms with Gasteiger partial charge in [-0.3, -0.25) is 0 Å². The largest absolute Gasteiger partial charge is 0.497 e. The minimum atomic E-state index is 0.857. The molecule has 0 aliphatic carbocycles. The normalized spacial score (nSPS) is 10.6. The first-order valence-electron chi connectivity index (χ1n) is 9.02. The summed E-state index contributed by atoms with van der Waals surface area (Å²) >= 11 is 0. The van der Waals surface area contributed by atoms with Crippen LogP contribution in [0.15, 0.2) is 91.0 Å². The monoisotopic (exact) mass is 351 g/mol. The van der Waals surface area contributed by atoms with E-state index in [0.717, 1.165) is 39.4 Å². The zero-order valence-electron chi connectivity index (χ0n) is 15.5. The lowest BCUT2D eigenvalue weighted by molar-refractivity contribution is 0.415. The summed E-state index contributed by atoms with van der Waals surface area (Å²) in [5.41, 5.74) is 7.74. The highest BCUT2D eigenvalue weighted by atomic mass is 16.5. The number of rotatable bonds is 4. The predicted octanol–water partition coefficient (Wildman–Crippen LogP) is 6.40. The smallest absolute Gasteiger partial charge is 0.118 e. The Morgan fingerprint density at radius 1 is 0.630 bits per heavy atom. The van der Waals surface area contributed by atoms with Gasteiger partial charge in [0, 0.05) is 11.1 Å². The Hall–Kier alpha value is -3.39. The van der Waals surface area contributed by atoms with E-state index in [1.807, 2.05) is 30.3 Å². The molecule has 0 unspecified atom stereocenters. The van der Waals surface area contributed by atoms with E-state index in [4.69, 9.17) is 9.72 Å². The molecule has 27 heavy (non-hydrogen) atoms. The van der Waals surface area contributed by atoms with E-state index in [-0.39, 0.29) is 0 Å². The molecular weight excluding hydrogens is 330 g/mol. The molecule has 0 atom stereocenters. The molecule has 0 aliphatic rings. The minimum Gasteiger partial charge on any atom is -0.497 e. The maximum absolute atomic E-state index is 5.29. The number of methoxy groups -OCH3 is 1. The molecule has 1 aromatic heterocycles. The summed E-state index contributed by atoms with van der Waals surface area (Å²) in [5.74, 6) is 0.857. The molecule has 0 saturated carbocycles. The van der Waals surface area contributed by atoms with Crippen LogP contribution in [0.25, 0.3) is 33.6 Å². The van der Waals surface area contributed by atoms with Crippen LogP contribution >= 0.6 is 0 Å². The topological polar surface area (TPSA) is 22.1 Å². The molecule has 4 rings (SSSR count). The van der Waals surface area contributed by atoms with Crippen LogP contribution in [0.5, 0.6) is 5.75 Å². The summed E-state index contributed by atoms with van der Waals surface area (Å²) < 4.78 is 5.29. The van der Waals surface area contributed by atoms with Crippen molar-refractivity contribution in [3.8, 4) is 39.4 Å². The Morgan fingerprint density at radius 2 is 1.30 bits per heavy atom. The third-order valence-corrected chi connectivity index (χ3v) is 4.74. The lowest BCUT2D eigenvalue weighted by Gasteiger charge is -2.12. The van der Waals surface area contributed by atoms with Gasteiger partial charge in [-0.25, -0.2) is 4.98 Å². The van der Waals surface area contributed by atoms with E-state index >= 15 is 0 Å². The van der Waals surface area contributed by atoms with Crippen molar-refractivity contribution < 1.29 is 4.74 Å². The summed E-state index contributed by atoms with van der Waals surface area (Å²) in [6, 6.07) is 31.2. The summed E-state index contributed by atoms with van der Waals surface area (Å²) in [7, 11) is 1.69. The minimum absolute atomic E-state index is 0.857. The van der Waals surface area contributed by atoms with Gasteiger partial charge in [0.25, 0.3) is 0 Å². The molecule has 2 nitrogen and oxygen atoms in total. The highest BCUT2D eigenvalue weighted by molar-refractivity contribution is 5.77. The van der Waals surface area contributed by atoms with E-state index in [2.05, 4.69) is 67.6 Å². The molecule has 0 amide bonds. The molecule has 0 saturated heterocycles. The molecule has 0 spiro atoms. The molecular formula is C25H21NO. The summed E-state index contributed by atoms with van der Waals surface area (Å²) in [6.45, 7) is 2.12. The SMILES string of the molecule is COc1ccc(-c2cc(-c3ccccc3)nc(-c3ccccc3C)c2)cc1. The van der Waals surface area contributed by atoms with Crippen molar-refractivity contribution >= 4 is 0 Å². The van der Waals surface area contributed by atoms with Crippen LogP contribution in [0.4, 0.5) is 0 Å². The zero-order valence-corrected chi connectivity index (χ0v) is 15.5. The van der Waals surface area contributed by atoms with Crippen molar-refractivity contribution in [1.29, 1.82) is 0 Å². The Bertz CT molecular complexity index is 1050. The van der Waals surface area contributed by atoms with Gasteiger partial charge in [-0.1, -0.05) is 66.7 Å². The van der Waals surface area contributed by atoms with E-state index in [1.165, 1.54) is 5.56 Å². The van der Waals surface area contributed by atoms with Crippen molar-refractivity contribution in [2.75, 3.05) is 7.11 Å². The quantitative estimate of drug-likeness (QED) is 0.424. The van der Waals surface area contributed by atoms with Gasteiger partial charge < -0.3 is 4.74 Å². The number of hydrogen-bond acceptors (Lipinski definition) is 2. The standard InChI is InChI=1S/C25H21NO/c1-18-8-6-7-11-23(18)25-17-21(19-12-14-22(27-2)15-13-19)16-24(26-25)20-9-4-3-5-10-20/h3-17H,1-2H3. The third-order valence-electron chi connectivity index (χ3n) is 4.74. The number of benzene rings is 3. The Morgan fingerprint density at radius 3 is 2.00 bits per heavy atom. The average Bonchev–Trinajstić information content (AvgIpc) is 2.74. The van der Waals surface area contributed by atoms with Crippen molar-refractivity contribution in [3.63, 3.8) is 0 Å². The van der Waals surface area contributed by atoms with Gasteiger partial charge in [0.15, 0.2) is 0 Å². The molecule has 4 aromatic rings. The lowest BCUT2D eigenvalue weighted by atomic mass is 9.98. The van der Waals surface area contributed by atoms with Crippen molar-refractivity contribution in [1.82, 2.24) is 4.98 Å². The first-order chi connectivity index (χ1) is 13.2. The van der Waals surface area contributed by atoms with Gasteiger partial charge >= 0.3 is 0 Å². The molecule has 132 valence electrons. The second-order valence-electron chi connectivity index (χ2n) is 6.54. The van der Waals surface area contributed by atoms with Gasteiger partial charge in [-0.2, -0.15) is 0 Å². The molecule has 0 fully saturated rings. The molecule has 0 N–H and O–H groups in total. The first-order valence-corrected chi connectivity index (χ1v) is 9.02. The summed E-state index contributed by atoms with van der Waals surface area (Å²) in [6.07, 6.45) is 0. The third kappa shape index (κ3) is 3.61. The van der Waals surface area contributed by atoms with E-state index in [1.54, 1.807) is 7.11 Å². The van der Waals surface area contributed by atoms with E-state index in [9.17, 15) is 0 Å². The highest BCUT2D eigenvalue weighted by Gasteiger charge is 2.10. The fraction of sp³-hybridized carbons (Fsp3) is 0.0800. The molecule has 2 heteroatoms. The van der Waals surface area contributed by atoms with Gasteiger partial charge in [-0.05, 0) is 47.9 Å². The van der Waals surface area contributed by atoms with Crippen LogP contribution in [-0.2, 0) is 0 Å². The number of pyridine rings is 1. The second kappa shape index (κ2) is 7.46. The molecule has 3 aromatic carbocycles. The number of nitrogens with zero attached hydrogens (tertiary/aromatic N) is 1. The van der Waals surface area contributed by atoms with E-state index in [0.29, 0.717) is 0 Å². The van der Waals surface area contributed by atoms with Gasteiger partial charge in [0.1, 0.15) is 5.75 Å². The molecule has 0 bridgehead atoms. The molecule has 0 radical (unpaired) electrons. The Balaban J connectivity index is 1.90.